The molecule has 6 nitrogen and oxygen atoms in total. The molecule has 1 aliphatic heterocycles. The van der Waals surface area contributed by atoms with Gasteiger partial charge in [0, 0.05) is 11.3 Å². The van der Waals surface area contributed by atoms with E-state index in [1.807, 2.05) is 6.92 Å². The van der Waals surface area contributed by atoms with Crippen molar-refractivity contribution in [1.29, 1.82) is 0 Å². The van der Waals surface area contributed by atoms with Gasteiger partial charge in [-0.2, -0.15) is 13.2 Å². The van der Waals surface area contributed by atoms with E-state index < -0.39 is 17.8 Å². The monoisotopic (exact) mass is 422 g/mol. The van der Waals surface area contributed by atoms with Gasteiger partial charge in [-0.3, -0.25) is 10.2 Å². The van der Waals surface area contributed by atoms with Gasteiger partial charge in [-0.05, 0) is 61.9 Å². The normalized spacial score (nSPS) is 18.6. The van der Waals surface area contributed by atoms with Crippen LogP contribution in [0.1, 0.15) is 29.8 Å². The number of nitrogens with zero attached hydrogens (tertiary/aromatic N) is 1. The van der Waals surface area contributed by atoms with E-state index in [1.54, 1.807) is 36.4 Å². The van der Waals surface area contributed by atoms with Crippen molar-refractivity contribution < 1.29 is 32.5 Å². The summed E-state index contributed by atoms with van der Waals surface area (Å²) in [6.45, 7) is 3.98. The third kappa shape index (κ3) is 4.35. The number of hydrogen-bond donors (Lipinski definition) is 2. The molecule has 2 N–H and O–H groups in total. The molecule has 1 heterocycles. The minimum absolute atomic E-state index is 0.0157. The van der Waals surface area contributed by atoms with Crippen molar-refractivity contribution in [1.82, 2.24) is 10.4 Å². The van der Waals surface area contributed by atoms with Crippen LogP contribution in [0.2, 0.25) is 0 Å². The van der Waals surface area contributed by atoms with Crippen molar-refractivity contribution in [2.24, 2.45) is 0 Å². The van der Waals surface area contributed by atoms with Gasteiger partial charge in [0.15, 0.2) is 0 Å². The van der Waals surface area contributed by atoms with Crippen molar-refractivity contribution in [2.45, 2.75) is 32.4 Å². The van der Waals surface area contributed by atoms with Crippen molar-refractivity contribution in [3.05, 3.63) is 71.4 Å². The molecule has 0 radical (unpaired) electrons. The molecule has 3 rings (SSSR count). The number of alkyl halides is 3. The Morgan fingerprint density at radius 2 is 1.63 bits per heavy atom. The van der Waals surface area contributed by atoms with E-state index in [0.717, 1.165) is 11.3 Å². The Morgan fingerprint density at radius 1 is 1.07 bits per heavy atom. The van der Waals surface area contributed by atoms with Gasteiger partial charge in [0.05, 0.1) is 6.61 Å². The van der Waals surface area contributed by atoms with E-state index in [0.29, 0.717) is 18.4 Å². The van der Waals surface area contributed by atoms with Crippen LogP contribution in [0.5, 0.6) is 11.5 Å². The lowest BCUT2D eigenvalue weighted by Crippen LogP contribution is -2.60. The van der Waals surface area contributed by atoms with Gasteiger partial charge in [0.1, 0.15) is 18.1 Å². The number of rotatable bonds is 6. The smallest absolute Gasteiger partial charge is 0.442 e. The Labute approximate surface area is 171 Å². The summed E-state index contributed by atoms with van der Waals surface area (Å²) >= 11 is 0. The first-order chi connectivity index (χ1) is 14.1. The van der Waals surface area contributed by atoms with Gasteiger partial charge < -0.3 is 14.6 Å². The number of hydrogen-bond acceptors (Lipinski definition) is 5. The first-order valence-electron chi connectivity index (χ1n) is 9.18. The predicted molar refractivity (Wildman–Crippen MR) is 102 cm³/mol. The molecule has 0 spiro atoms. The molecule has 1 atom stereocenters. The van der Waals surface area contributed by atoms with E-state index in [4.69, 9.17) is 9.47 Å². The summed E-state index contributed by atoms with van der Waals surface area (Å²) in [4.78, 5) is 12.6. The van der Waals surface area contributed by atoms with E-state index in [1.165, 1.54) is 19.1 Å². The highest BCUT2D eigenvalue weighted by Crippen LogP contribution is 2.38. The number of allylic oxidation sites excluding steroid dienone is 1. The topological polar surface area (TPSA) is 71.0 Å². The largest absolute Gasteiger partial charge is 0.494 e. The summed E-state index contributed by atoms with van der Waals surface area (Å²) in [5, 5.41) is 10.2. The minimum Gasteiger partial charge on any atom is -0.494 e. The molecule has 1 unspecified atom stereocenters. The third-order valence-electron chi connectivity index (χ3n) is 4.41. The molecule has 0 saturated carbocycles. The Kier molecular flexibility index (Phi) is 5.93. The Hall–Kier alpha value is -3.20. The van der Waals surface area contributed by atoms with Crippen LogP contribution in [0.4, 0.5) is 13.2 Å². The molecule has 160 valence electrons. The van der Waals surface area contributed by atoms with Crippen LogP contribution in [-0.2, 0) is 6.61 Å². The average molecular weight is 422 g/mol. The van der Waals surface area contributed by atoms with Gasteiger partial charge in [0.2, 0.25) is 0 Å². The second-order valence-electron chi connectivity index (χ2n) is 6.69. The van der Waals surface area contributed by atoms with Gasteiger partial charge in [-0.25, -0.2) is 5.01 Å². The summed E-state index contributed by atoms with van der Waals surface area (Å²) in [5.74, 6) is 0.338. The molecule has 0 saturated heterocycles. The van der Waals surface area contributed by atoms with Crippen molar-refractivity contribution >= 4 is 5.91 Å². The number of nitrogens with one attached hydrogen (secondary N) is 1. The van der Waals surface area contributed by atoms with Gasteiger partial charge >= 0.3 is 6.18 Å². The van der Waals surface area contributed by atoms with Crippen LogP contribution in [0, 0.1) is 0 Å². The molecule has 30 heavy (non-hydrogen) atoms. The fourth-order valence-electron chi connectivity index (χ4n) is 2.91. The molecular formula is C21H21F3N2O4. The second-order valence-corrected chi connectivity index (χ2v) is 6.69. The highest BCUT2D eigenvalue weighted by Gasteiger charge is 2.61. The zero-order valence-corrected chi connectivity index (χ0v) is 16.4. The molecule has 0 bridgehead atoms. The zero-order chi connectivity index (χ0) is 21.9. The van der Waals surface area contributed by atoms with Gasteiger partial charge in [-0.1, -0.05) is 12.1 Å². The fourth-order valence-corrected chi connectivity index (χ4v) is 2.91. The van der Waals surface area contributed by atoms with E-state index >= 15 is 0 Å². The Balaban J connectivity index is 1.66. The first-order valence-corrected chi connectivity index (χ1v) is 9.18. The number of aliphatic hydroxyl groups is 1. The van der Waals surface area contributed by atoms with Crippen LogP contribution in [0.3, 0.4) is 0 Å². The molecule has 2 aromatic rings. The quantitative estimate of drug-likeness (QED) is 0.742. The lowest BCUT2D eigenvalue weighted by Gasteiger charge is -2.33. The summed E-state index contributed by atoms with van der Waals surface area (Å²) in [7, 11) is 0. The maximum atomic E-state index is 13.3. The first kappa shape index (κ1) is 21.5. The van der Waals surface area contributed by atoms with Gasteiger partial charge in [-0.15, -0.1) is 0 Å². The molecular weight excluding hydrogens is 401 g/mol. The van der Waals surface area contributed by atoms with Gasteiger partial charge in [0.25, 0.3) is 11.6 Å². The summed E-state index contributed by atoms with van der Waals surface area (Å²) in [5.41, 5.74) is -0.430. The minimum atomic E-state index is -5.06. The van der Waals surface area contributed by atoms with Crippen LogP contribution in [0.25, 0.3) is 0 Å². The number of carbonyl (C=O) groups is 1. The average Bonchev–Trinajstić information content (AvgIpc) is 3.03. The number of benzene rings is 2. The number of ether oxygens (including phenoxy) is 2. The van der Waals surface area contributed by atoms with E-state index in [-0.39, 0.29) is 22.9 Å². The number of amides is 1. The molecule has 1 amide bonds. The molecule has 0 aliphatic carbocycles. The predicted octanol–water partition coefficient (Wildman–Crippen LogP) is 3.78. The Morgan fingerprint density at radius 3 is 2.17 bits per heavy atom. The standard InChI is InChI=1S/C21H21F3N2O4/c1-3-29-17-8-10-18(11-9-17)30-13-15-4-6-16(7-5-15)19(27)26-20(28,21(22,23)24)12-14(2)25-26/h4-12,25,28H,3,13H2,1-2H3. The zero-order valence-electron chi connectivity index (χ0n) is 16.4. The SMILES string of the molecule is CCOc1ccc(OCc2ccc(C(=O)N3NC(C)=CC3(O)C(F)(F)F)cc2)cc1. The summed E-state index contributed by atoms with van der Waals surface area (Å²) < 4.78 is 50.9. The lowest BCUT2D eigenvalue weighted by molar-refractivity contribution is -0.283. The number of halogens is 3. The summed E-state index contributed by atoms with van der Waals surface area (Å²) in [6, 6.07) is 13.0. The highest BCUT2D eigenvalue weighted by atomic mass is 19.4. The Bertz CT molecular complexity index is 927. The maximum Gasteiger partial charge on any atom is 0.442 e. The molecule has 0 fully saturated rings. The highest BCUT2D eigenvalue weighted by molar-refractivity contribution is 5.95. The van der Waals surface area contributed by atoms with Crippen molar-refractivity contribution in [2.75, 3.05) is 6.61 Å². The van der Waals surface area contributed by atoms with Crippen LogP contribution < -0.4 is 14.9 Å². The third-order valence-corrected chi connectivity index (χ3v) is 4.41. The maximum absolute atomic E-state index is 13.3. The van der Waals surface area contributed by atoms with Crippen LogP contribution in [-0.4, -0.2) is 34.5 Å². The van der Waals surface area contributed by atoms with E-state index in [9.17, 15) is 23.1 Å². The fraction of sp³-hybridized carbons (Fsp3) is 0.286. The number of carbonyl (C=O) groups excluding carboxylic acids is 1. The van der Waals surface area contributed by atoms with Crippen LogP contribution in [0.15, 0.2) is 60.3 Å². The molecule has 0 aromatic heterocycles. The molecule has 1 aliphatic rings. The second kappa shape index (κ2) is 8.27. The number of hydrazine groups is 1. The van der Waals surface area contributed by atoms with E-state index in [2.05, 4.69) is 5.43 Å². The summed E-state index contributed by atoms with van der Waals surface area (Å²) in [6.07, 6.45) is -4.50. The van der Waals surface area contributed by atoms with Crippen LogP contribution >= 0.6 is 0 Å². The van der Waals surface area contributed by atoms with Crippen molar-refractivity contribution in [3.8, 4) is 11.5 Å². The van der Waals surface area contributed by atoms with Crippen molar-refractivity contribution in [3.63, 3.8) is 0 Å². The molecule has 2 aromatic carbocycles. The lowest BCUT2D eigenvalue weighted by atomic mass is 10.1. The molecule has 9 heteroatoms.